The van der Waals surface area contributed by atoms with Crippen molar-refractivity contribution in [2.24, 2.45) is 0 Å². The molecule has 1 amide bonds. The fraction of sp³-hybridized carbons (Fsp3) is 0.357. The van der Waals surface area contributed by atoms with Gasteiger partial charge in [-0.2, -0.15) is 13.2 Å². The van der Waals surface area contributed by atoms with Crippen LogP contribution in [-0.4, -0.2) is 42.8 Å². The number of hydrogen-bond acceptors (Lipinski definition) is 3. The SMILES string of the molecule is O=C(c1cc2cc(F)ccc2s1)N1CC(OCC(F)(F)F)C1. The van der Waals surface area contributed by atoms with E-state index in [2.05, 4.69) is 4.74 Å². The van der Waals surface area contributed by atoms with Crippen LogP contribution in [0.15, 0.2) is 24.3 Å². The van der Waals surface area contributed by atoms with Gasteiger partial charge in [-0.15, -0.1) is 11.3 Å². The minimum Gasteiger partial charge on any atom is -0.365 e. The Kier molecular flexibility index (Phi) is 3.82. The van der Waals surface area contributed by atoms with Gasteiger partial charge in [0.05, 0.1) is 11.0 Å². The number of benzene rings is 1. The van der Waals surface area contributed by atoms with Crippen molar-refractivity contribution in [3.8, 4) is 0 Å². The van der Waals surface area contributed by atoms with Crippen molar-refractivity contribution in [3.05, 3.63) is 35.0 Å². The van der Waals surface area contributed by atoms with Crippen LogP contribution in [-0.2, 0) is 4.74 Å². The molecule has 1 fully saturated rings. The molecule has 0 saturated carbocycles. The summed E-state index contributed by atoms with van der Waals surface area (Å²) >= 11 is 1.23. The van der Waals surface area contributed by atoms with Crippen molar-refractivity contribution in [1.82, 2.24) is 4.90 Å². The zero-order chi connectivity index (χ0) is 15.9. The van der Waals surface area contributed by atoms with Crippen molar-refractivity contribution in [3.63, 3.8) is 0 Å². The van der Waals surface area contributed by atoms with E-state index >= 15 is 0 Å². The molecule has 1 aliphatic rings. The second kappa shape index (κ2) is 5.51. The predicted molar refractivity (Wildman–Crippen MR) is 73.5 cm³/mol. The highest BCUT2D eigenvalue weighted by Crippen LogP contribution is 2.29. The van der Waals surface area contributed by atoms with Crippen LogP contribution < -0.4 is 0 Å². The zero-order valence-electron chi connectivity index (χ0n) is 11.2. The lowest BCUT2D eigenvalue weighted by molar-refractivity contribution is -0.196. The van der Waals surface area contributed by atoms with Gasteiger partial charge in [0, 0.05) is 17.8 Å². The largest absolute Gasteiger partial charge is 0.411 e. The minimum atomic E-state index is -4.36. The quantitative estimate of drug-likeness (QED) is 0.805. The molecule has 0 bridgehead atoms. The Labute approximate surface area is 127 Å². The molecule has 0 aliphatic carbocycles. The number of carbonyl (C=O) groups is 1. The molecule has 1 aromatic carbocycles. The van der Waals surface area contributed by atoms with Crippen LogP contribution in [0.3, 0.4) is 0 Å². The summed E-state index contributed by atoms with van der Waals surface area (Å²) < 4.78 is 54.6. The van der Waals surface area contributed by atoms with Crippen LogP contribution in [0.25, 0.3) is 10.1 Å². The molecule has 0 unspecified atom stereocenters. The second-order valence-electron chi connectivity index (χ2n) is 5.05. The molecular weight excluding hydrogens is 322 g/mol. The number of thiophene rings is 1. The van der Waals surface area contributed by atoms with Crippen LogP contribution in [0.4, 0.5) is 17.6 Å². The number of carbonyl (C=O) groups excluding carboxylic acids is 1. The first kappa shape index (κ1) is 15.2. The molecule has 2 aromatic rings. The molecular formula is C14H11F4NO2S. The third kappa shape index (κ3) is 3.22. The molecule has 3 rings (SSSR count). The van der Waals surface area contributed by atoms with Gasteiger partial charge in [0.1, 0.15) is 12.4 Å². The number of nitrogens with zero attached hydrogens (tertiary/aromatic N) is 1. The molecule has 0 spiro atoms. The van der Waals surface area contributed by atoms with Crippen molar-refractivity contribution >= 4 is 27.3 Å². The Bertz CT molecular complexity index is 706. The van der Waals surface area contributed by atoms with E-state index < -0.39 is 18.9 Å². The highest BCUT2D eigenvalue weighted by molar-refractivity contribution is 7.20. The van der Waals surface area contributed by atoms with Gasteiger partial charge in [0.2, 0.25) is 0 Å². The number of fused-ring (bicyclic) bond motifs is 1. The zero-order valence-corrected chi connectivity index (χ0v) is 12.0. The molecule has 0 atom stereocenters. The number of rotatable bonds is 3. The Morgan fingerprint density at radius 2 is 2.05 bits per heavy atom. The maximum absolute atomic E-state index is 13.1. The van der Waals surface area contributed by atoms with Gasteiger partial charge in [-0.25, -0.2) is 4.39 Å². The average molecular weight is 333 g/mol. The van der Waals surface area contributed by atoms with Crippen LogP contribution in [0.5, 0.6) is 0 Å². The first-order valence-corrected chi connectivity index (χ1v) is 7.30. The maximum Gasteiger partial charge on any atom is 0.411 e. The van der Waals surface area contributed by atoms with Gasteiger partial charge in [0.25, 0.3) is 5.91 Å². The fourth-order valence-corrected chi connectivity index (χ4v) is 3.21. The first-order chi connectivity index (χ1) is 10.3. The van der Waals surface area contributed by atoms with E-state index in [9.17, 15) is 22.4 Å². The van der Waals surface area contributed by atoms with Crippen molar-refractivity contribution in [2.75, 3.05) is 19.7 Å². The van der Waals surface area contributed by atoms with E-state index in [0.717, 1.165) is 4.70 Å². The molecule has 8 heteroatoms. The van der Waals surface area contributed by atoms with E-state index in [1.165, 1.54) is 28.4 Å². The summed E-state index contributed by atoms with van der Waals surface area (Å²) in [5, 5.41) is 0.638. The van der Waals surface area contributed by atoms with Gasteiger partial charge >= 0.3 is 6.18 Å². The van der Waals surface area contributed by atoms with Crippen LogP contribution in [0.1, 0.15) is 9.67 Å². The lowest BCUT2D eigenvalue weighted by Gasteiger charge is -2.38. The maximum atomic E-state index is 13.1. The number of ether oxygens (including phenoxy) is 1. The topological polar surface area (TPSA) is 29.5 Å². The summed E-state index contributed by atoms with van der Waals surface area (Å²) in [5.41, 5.74) is 0. The van der Waals surface area contributed by atoms with Gasteiger partial charge in [-0.05, 0) is 29.7 Å². The summed E-state index contributed by atoms with van der Waals surface area (Å²) in [5.74, 6) is -0.651. The number of halogens is 4. The molecule has 118 valence electrons. The number of alkyl halides is 3. The van der Waals surface area contributed by atoms with Gasteiger partial charge in [-0.3, -0.25) is 4.79 Å². The third-order valence-corrected chi connectivity index (χ3v) is 4.41. The van der Waals surface area contributed by atoms with Crippen LogP contribution in [0, 0.1) is 5.82 Å². The van der Waals surface area contributed by atoms with Gasteiger partial charge in [0.15, 0.2) is 0 Å². The molecule has 0 N–H and O–H groups in total. The van der Waals surface area contributed by atoms with Crippen LogP contribution in [0.2, 0.25) is 0 Å². The van der Waals surface area contributed by atoms with Gasteiger partial charge in [-0.1, -0.05) is 0 Å². The molecule has 1 aromatic heterocycles. The van der Waals surface area contributed by atoms with E-state index in [1.807, 2.05) is 0 Å². The Morgan fingerprint density at radius 3 is 2.73 bits per heavy atom. The average Bonchev–Trinajstić information content (AvgIpc) is 2.78. The fourth-order valence-electron chi connectivity index (χ4n) is 2.20. The molecule has 22 heavy (non-hydrogen) atoms. The molecule has 1 aliphatic heterocycles. The highest BCUT2D eigenvalue weighted by Gasteiger charge is 2.36. The lowest BCUT2D eigenvalue weighted by atomic mass is 10.1. The summed E-state index contributed by atoms with van der Waals surface area (Å²) in [6.45, 7) is -1.03. The summed E-state index contributed by atoms with van der Waals surface area (Å²) in [6, 6.07) is 5.85. The Morgan fingerprint density at radius 1 is 1.32 bits per heavy atom. The third-order valence-electron chi connectivity index (χ3n) is 3.31. The number of amides is 1. The minimum absolute atomic E-state index is 0.136. The van der Waals surface area contributed by atoms with E-state index in [0.29, 0.717) is 10.3 Å². The molecule has 1 saturated heterocycles. The van der Waals surface area contributed by atoms with Crippen molar-refractivity contribution in [2.45, 2.75) is 12.3 Å². The lowest BCUT2D eigenvalue weighted by Crippen LogP contribution is -2.55. The van der Waals surface area contributed by atoms with Gasteiger partial charge < -0.3 is 9.64 Å². The van der Waals surface area contributed by atoms with Crippen molar-refractivity contribution in [1.29, 1.82) is 0 Å². The summed E-state index contributed by atoms with van der Waals surface area (Å²) in [4.78, 5) is 14.1. The smallest absolute Gasteiger partial charge is 0.365 e. The summed E-state index contributed by atoms with van der Waals surface area (Å²) in [7, 11) is 0. The van der Waals surface area contributed by atoms with E-state index in [-0.39, 0.29) is 24.8 Å². The normalized spacial score (nSPS) is 16.1. The number of likely N-dealkylation sites (tertiary alicyclic amines) is 1. The Hall–Kier alpha value is -1.67. The predicted octanol–water partition coefficient (Wildman–Crippen LogP) is 3.44. The molecule has 0 radical (unpaired) electrons. The molecule has 3 nitrogen and oxygen atoms in total. The molecule has 2 heterocycles. The number of hydrogen-bond donors (Lipinski definition) is 0. The van der Waals surface area contributed by atoms with Crippen molar-refractivity contribution < 1.29 is 27.1 Å². The first-order valence-electron chi connectivity index (χ1n) is 6.48. The van der Waals surface area contributed by atoms with E-state index in [1.54, 1.807) is 12.1 Å². The monoisotopic (exact) mass is 333 g/mol. The Balaban J connectivity index is 1.60. The highest BCUT2D eigenvalue weighted by atomic mass is 32.1. The van der Waals surface area contributed by atoms with E-state index in [4.69, 9.17) is 0 Å². The second-order valence-corrected chi connectivity index (χ2v) is 6.13. The summed E-state index contributed by atoms with van der Waals surface area (Å²) in [6.07, 6.45) is -4.95. The standard InChI is InChI=1S/C14H11F4NO2S/c15-9-1-2-11-8(3-9)4-12(22-11)13(20)19-5-10(6-19)21-7-14(16,17)18/h1-4,10H,5-7H2. The van der Waals surface area contributed by atoms with Crippen LogP contribution >= 0.6 is 11.3 Å².